The second kappa shape index (κ2) is 5.37. The third-order valence-electron chi connectivity index (χ3n) is 5.89. The van der Waals surface area contributed by atoms with E-state index in [-0.39, 0.29) is 0 Å². The maximum atomic E-state index is 6.48. The molecule has 0 saturated carbocycles. The zero-order chi connectivity index (χ0) is 18.8. The van der Waals surface area contributed by atoms with E-state index in [2.05, 4.69) is 84.9 Å². The Labute approximate surface area is 162 Å². The normalized spacial score (nSPS) is 11.9. The molecule has 0 radical (unpaired) electrons. The minimum absolute atomic E-state index is 0.806. The molecule has 4 N–H and O–H groups in total. The predicted molar refractivity (Wildman–Crippen MR) is 123 cm³/mol. The van der Waals surface area contributed by atoms with E-state index in [1.54, 1.807) is 0 Å². The van der Waals surface area contributed by atoms with E-state index in [9.17, 15) is 0 Å². The van der Waals surface area contributed by atoms with Gasteiger partial charge in [0.2, 0.25) is 0 Å². The van der Waals surface area contributed by atoms with Crippen LogP contribution in [0.3, 0.4) is 0 Å². The van der Waals surface area contributed by atoms with Crippen LogP contribution in [0, 0.1) is 0 Å². The molecule has 6 rings (SSSR count). The van der Waals surface area contributed by atoms with E-state index in [1.807, 2.05) is 0 Å². The molecule has 0 amide bonds. The second-order valence-electron chi connectivity index (χ2n) is 7.45. The van der Waals surface area contributed by atoms with Crippen LogP contribution in [0.15, 0.2) is 84.9 Å². The predicted octanol–water partition coefficient (Wildman–Crippen LogP) is 6.62. The van der Waals surface area contributed by atoms with Crippen LogP contribution in [-0.2, 0) is 0 Å². The van der Waals surface area contributed by atoms with Crippen molar-refractivity contribution < 1.29 is 0 Å². The van der Waals surface area contributed by atoms with Gasteiger partial charge in [0, 0.05) is 32.9 Å². The molecule has 0 saturated heterocycles. The van der Waals surface area contributed by atoms with Crippen molar-refractivity contribution in [1.82, 2.24) is 0 Å². The quantitative estimate of drug-likeness (QED) is 0.237. The Morgan fingerprint density at radius 2 is 0.857 bits per heavy atom. The Morgan fingerprint density at radius 1 is 0.393 bits per heavy atom. The molecule has 28 heavy (non-hydrogen) atoms. The number of benzene rings is 6. The Bertz CT molecular complexity index is 1460. The van der Waals surface area contributed by atoms with Gasteiger partial charge in [-0.05, 0) is 44.5 Å². The third-order valence-corrected chi connectivity index (χ3v) is 5.89. The number of hydrogen-bond acceptors (Lipinski definition) is 2. The smallest absolute Gasteiger partial charge is 0.0400 e. The Kier molecular flexibility index (Phi) is 2.93. The largest absolute Gasteiger partial charge is 0.398 e. The van der Waals surface area contributed by atoms with Gasteiger partial charge in [-0.3, -0.25) is 0 Å². The average molecular weight is 358 g/mol. The van der Waals surface area contributed by atoms with E-state index >= 15 is 0 Å². The van der Waals surface area contributed by atoms with E-state index < -0.39 is 0 Å². The van der Waals surface area contributed by atoms with Gasteiger partial charge in [-0.2, -0.15) is 0 Å². The molecular weight excluding hydrogens is 340 g/mol. The molecule has 0 aliphatic rings. The monoisotopic (exact) mass is 358 g/mol. The highest BCUT2D eigenvalue weighted by molar-refractivity contribution is 6.34. The minimum Gasteiger partial charge on any atom is -0.398 e. The number of nitrogens with two attached hydrogens (primary N) is 2. The number of rotatable bonds is 0. The lowest BCUT2D eigenvalue weighted by Gasteiger charge is -2.15. The molecular formula is C26H18N2. The molecule has 0 aromatic heterocycles. The molecule has 0 fully saturated rings. The lowest BCUT2D eigenvalue weighted by atomic mass is 9.89. The highest BCUT2D eigenvalue weighted by Gasteiger charge is 2.14. The van der Waals surface area contributed by atoms with Gasteiger partial charge in [-0.25, -0.2) is 0 Å². The summed E-state index contributed by atoms with van der Waals surface area (Å²) in [6.45, 7) is 0. The maximum absolute atomic E-state index is 6.48. The molecule has 0 heterocycles. The highest BCUT2D eigenvalue weighted by Crippen LogP contribution is 2.42. The van der Waals surface area contributed by atoms with Crippen molar-refractivity contribution >= 4 is 65.2 Å². The molecule has 0 aliphatic carbocycles. The van der Waals surface area contributed by atoms with E-state index in [0.717, 1.165) is 32.9 Å². The van der Waals surface area contributed by atoms with E-state index in [4.69, 9.17) is 11.5 Å². The molecule has 0 bridgehead atoms. The summed E-state index contributed by atoms with van der Waals surface area (Å²) in [5, 5.41) is 11.8. The number of anilines is 2. The zero-order valence-electron chi connectivity index (χ0n) is 15.2. The fraction of sp³-hybridized carbons (Fsp3) is 0. The van der Waals surface area contributed by atoms with Gasteiger partial charge in [0.1, 0.15) is 0 Å². The van der Waals surface area contributed by atoms with Crippen molar-refractivity contribution in [3.8, 4) is 0 Å². The molecule has 6 aromatic rings. The number of fused-ring (bicyclic) bond motifs is 9. The van der Waals surface area contributed by atoms with Crippen LogP contribution in [0.25, 0.3) is 53.9 Å². The van der Waals surface area contributed by atoms with Gasteiger partial charge in [0.25, 0.3) is 0 Å². The second-order valence-corrected chi connectivity index (χ2v) is 7.45. The van der Waals surface area contributed by atoms with Crippen LogP contribution in [0.2, 0.25) is 0 Å². The Morgan fingerprint density at radius 3 is 1.36 bits per heavy atom. The first-order valence-electron chi connectivity index (χ1n) is 9.46. The summed E-state index contributed by atoms with van der Waals surface area (Å²) in [6, 6.07) is 29.7. The SMILES string of the molecule is Nc1cc2ccccc2c2c1ccc1ccc3c(N)cc4ccccc4c3c12. The first-order valence-corrected chi connectivity index (χ1v) is 9.46. The molecule has 0 spiro atoms. The summed E-state index contributed by atoms with van der Waals surface area (Å²) in [5.74, 6) is 0. The van der Waals surface area contributed by atoms with Crippen molar-refractivity contribution in [3.05, 3.63) is 84.9 Å². The molecule has 132 valence electrons. The summed E-state index contributed by atoms with van der Waals surface area (Å²) < 4.78 is 0. The summed E-state index contributed by atoms with van der Waals surface area (Å²) in [5.41, 5.74) is 14.6. The highest BCUT2D eigenvalue weighted by atomic mass is 14.6. The lowest BCUT2D eigenvalue weighted by molar-refractivity contribution is 1.76. The van der Waals surface area contributed by atoms with Gasteiger partial charge in [-0.1, -0.05) is 72.8 Å². The van der Waals surface area contributed by atoms with Crippen LogP contribution in [-0.4, -0.2) is 0 Å². The van der Waals surface area contributed by atoms with Crippen molar-refractivity contribution in [1.29, 1.82) is 0 Å². The van der Waals surface area contributed by atoms with Gasteiger partial charge >= 0.3 is 0 Å². The van der Waals surface area contributed by atoms with Gasteiger partial charge in [0.05, 0.1) is 0 Å². The van der Waals surface area contributed by atoms with Crippen molar-refractivity contribution in [2.24, 2.45) is 0 Å². The van der Waals surface area contributed by atoms with Crippen LogP contribution >= 0.6 is 0 Å². The third kappa shape index (κ3) is 1.92. The van der Waals surface area contributed by atoms with Crippen molar-refractivity contribution in [2.75, 3.05) is 11.5 Å². The zero-order valence-corrected chi connectivity index (χ0v) is 15.2. The standard InChI is InChI=1S/C26H18N2/c27-22-13-16-5-1-3-7-18(16)25-20(22)11-9-15-10-12-21-23(28)14-17-6-2-4-8-19(17)26(21)24(15)25/h1-14H,27-28H2. The minimum atomic E-state index is 0.806. The molecule has 2 heteroatoms. The van der Waals surface area contributed by atoms with Crippen molar-refractivity contribution in [2.45, 2.75) is 0 Å². The Hall–Kier alpha value is -3.78. The molecule has 6 aromatic carbocycles. The van der Waals surface area contributed by atoms with E-state index in [0.29, 0.717) is 0 Å². The Balaban J connectivity index is 2.06. The first kappa shape index (κ1) is 15.3. The molecule has 0 atom stereocenters. The first-order chi connectivity index (χ1) is 13.7. The van der Waals surface area contributed by atoms with E-state index in [1.165, 1.54) is 32.3 Å². The molecule has 0 unspecified atom stereocenters. The van der Waals surface area contributed by atoms with Crippen LogP contribution in [0.1, 0.15) is 0 Å². The van der Waals surface area contributed by atoms with Gasteiger partial charge < -0.3 is 11.5 Å². The van der Waals surface area contributed by atoms with Crippen LogP contribution < -0.4 is 11.5 Å². The molecule has 2 nitrogen and oxygen atoms in total. The average Bonchev–Trinajstić information content (AvgIpc) is 2.73. The fourth-order valence-electron chi connectivity index (χ4n) is 4.65. The summed E-state index contributed by atoms with van der Waals surface area (Å²) in [6.07, 6.45) is 0. The molecule has 0 aliphatic heterocycles. The summed E-state index contributed by atoms with van der Waals surface area (Å²) >= 11 is 0. The summed E-state index contributed by atoms with van der Waals surface area (Å²) in [7, 11) is 0. The number of hydrogen-bond donors (Lipinski definition) is 2. The lowest BCUT2D eigenvalue weighted by Crippen LogP contribution is -1.92. The topological polar surface area (TPSA) is 52.0 Å². The fourth-order valence-corrected chi connectivity index (χ4v) is 4.65. The van der Waals surface area contributed by atoms with Gasteiger partial charge in [0.15, 0.2) is 0 Å². The van der Waals surface area contributed by atoms with Crippen molar-refractivity contribution in [3.63, 3.8) is 0 Å². The summed E-state index contributed by atoms with van der Waals surface area (Å²) in [4.78, 5) is 0. The van der Waals surface area contributed by atoms with Gasteiger partial charge in [-0.15, -0.1) is 0 Å². The van der Waals surface area contributed by atoms with Crippen LogP contribution in [0.4, 0.5) is 11.4 Å². The van der Waals surface area contributed by atoms with Crippen LogP contribution in [0.5, 0.6) is 0 Å². The number of nitrogen functional groups attached to an aromatic ring is 2. The maximum Gasteiger partial charge on any atom is 0.0400 e.